The molecule has 0 unspecified atom stereocenters. The molecule has 0 aliphatic heterocycles. The van der Waals surface area contributed by atoms with Crippen molar-refractivity contribution in [1.29, 1.82) is 0 Å². The minimum absolute atomic E-state index is 0.0521. The Kier molecular flexibility index (Phi) is 6.05. The van der Waals surface area contributed by atoms with Crippen molar-refractivity contribution in [1.82, 2.24) is 15.1 Å². The predicted molar refractivity (Wildman–Crippen MR) is 118 cm³/mol. The summed E-state index contributed by atoms with van der Waals surface area (Å²) < 4.78 is 27.0. The second-order valence-corrected chi connectivity index (χ2v) is 9.87. The van der Waals surface area contributed by atoms with Crippen molar-refractivity contribution >= 4 is 44.6 Å². The summed E-state index contributed by atoms with van der Waals surface area (Å²) in [6.07, 6.45) is 1.86. The van der Waals surface area contributed by atoms with Crippen molar-refractivity contribution < 1.29 is 13.2 Å². The Balaban J connectivity index is 1.31. The number of rotatable bonds is 8. The zero-order chi connectivity index (χ0) is 21.1. The van der Waals surface area contributed by atoms with Gasteiger partial charge >= 0.3 is 0 Å². The van der Waals surface area contributed by atoms with E-state index in [0.29, 0.717) is 16.4 Å². The monoisotopic (exact) mass is 462 g/mol. The standard InChI is InChI=1S/C20H19ClN4O3S2/c21-18-4-2-1-3-17(18)20-22-15(12-29-20)11-19(26)24-23-13-7-9-16(10-8-13)30(27,28)25-14-5-6-14/h1-4,7-10,12,14,23,25H,5-6,11H2,(H,24,26). The van der Waals surface area contributed by atoms with Crippen LogP contribution in [0.1, 0.15) is 18.5 Å². The lowest BCUT2D eigenvalue weighted by molar-refractivity contribution is -0.120. The van der Waals surface area contributed by atoms with E-state index in [1.54, 1.807) is 18.2 Å². The fourth-order valence-electron chi connectivity index (χ4n) is 2.70. The average Bonchev–Trinajstić information content (AvgIpc) is 3.41. The molecule has 3 aromatic rings. The van der Waals surface area contributed by atoms with Gasteiger partial charge in [0.1, 0.15) is 5.01 Å². The molecule has 30 heavy (non-hydrogen) atoms. The molecule has 0 bridgehead atoms. The number of thiazole rings is 1. The Bertz CT molecular complexity index is 1160. The summed E-state index contributed by atoms with van der Waals surface area (Å²) in [7, 11) is -3.49. The topological polar surface area (TPSA) is 100 Å². The Hall–Kier alpha value is -2.46. The van der Waals surface area contributed by atoms with E-state index in [9.17, 15) is 13.2 Å². The van der Waals surface area contributed by atoms with Gasteiger partial charge in [-0.05, 0) is 43.2 Å². The molecule has 0 spiro atoms. The van der Waals surface area contributed by atoms with E-state index >= 15 is 0 Å². The molecule has 3 N–H and O–H groups in total. The number of hydrazine groups is 1. The number of anilines is 1. The molecule has 10 heteroatoms. The second kappa shape index (κ2) is 8.73. The van der Waals surface area contributed by atoms with Crippen molar-refractivity contribution in [3.8, 4) is 10.6 Å². The highest BCUT2D eigenvalue weighted by molar-refractivity contribution is 7.89. The Morgan fingerprint density at radius 1 is 1.13 bits per heavy atom. The van der Waals surface area contributed by atoms with Crippen molar-refractivity contribution in [2.45, 2.75) is 30.2 Å². The molecule has 1 aliphatic carbocycles. The van der Waals surface area contributed by atoms with Crippen LogP contribution in [0.3, 0.4) is 0 Å². The van der Waals surface area contributed by atoms with E-state index in [1.807, 2.05) is 23.6 Å². The first-order valence-corrected chi connectivity index (χ1v) is 12.0. The zero-order valence-electron chi connectivity index (χ0n) is 15.8. The molecule has 0 atom stereocenters. The number of nitrogens with zero attached hydrogens (tertiary/aromatic N) is 1. The summed E-state index contributed by atoms with van der Waals surface area (Å²) in [5.74, 6) is -0.266. The third kappa shape index (κ3) is 5.17. The molecule has 1 fully saturated rings. The van der Waals surface area contributed by atoms with Gasteiger partial charge in [0.05, 0.1) is 27.7 Å². The third-order valence-electron chi connectivity index (χ3n) is 4.41. The maximum absolute atomic E-state index is 12.2. The molecule has 1 aromatic heterocycles. The third-order valence-corrected chi connectivity index (χ3v) is 7.20. The number of hydrogen-bond donors (Lipinski definition) is 3. The van der Waals surface area contributed by atoms with Gasteiger partial charge in [-0.3, -0.25) is 15.6 Å². The van der Waals surface area contributed by atoms with Crippen molar-refractivity contribution in [3.05, 3.63) is 64.6 Å². The number of carbonyl (C=O) groups is 1. The van der Waals surface area contributed by atoms with E-state index in [4.69, 9.17) is 11.6 Å². The summed E-state index contributed by atoms with van der Waals surface area (Å²) in [6.45, 7) is 0. The van der Waals surface area contributed by atoms with E-state index in [-0.39, 0.29) is 23.3 Å². The average molecular weight is 463 g/mol. The summed E-state index contributed by atoms with van der Waals surface area (Å²) in [5.41, 5.74) is 7.42. The van der Waals surface area contributed by atoms with Crippen molar-refractivity contribution in [2.75, 3.05) is 5.43 Å². The van der Waals surface area contributed by atoms with Gasteiger partial charge in [0, 0.05) is 17.0 Å². The maximum Gasteiger partial charge on any atom is 0.244 e. The van der Waals surface area contributed by atoms with Crippen LogP contribution in [-0.2, 0) is 21.2 Å². The quantitative estimate of drug-likeness (QED) is 0.444. The SMILES string of the molecule is O=C(Cc1csc(-c2ccccc2Cl)n1)NNc1ccc(S(=O)(=O)NC2CC2)cc1. The van der Waals surface area contributed by atoms with Gasteiger partial charge in [-0.15, -0.1) is 11.3 Å². The van der Waals surface area contributed by atoms with E-state index < -0.39 is 10.0 Å². The molecule has 7 nitrogen and oxygen atoms in total. The van der Waals surface area contributed by atoms with Gasteiger partial charge < -0.3 is 0 Å². The van der Waals surface area contributed by atoms with Gasteiger partial charge in [-0.25, -0.2) is 18.1 Å². The van der Waals surface area contributed by atoms with Crippen LogP contribution in [0.5, 0.6) is 0 Å². The molecule has 1 saturated carbocycles. The van der Waals surface area contributed by atoms with Crippen LogP contribution in [0.2, 0.25) is 5.02 Å². The van der Waals surface area contributed by atoms with Crippen molar-refractivity contribution in [2.24, 2.45) is 0 Å². The van der Waals surface area contributed by atoms with Crippen LogP contribution in [-0.4, -0.2) is 25.4 Å². The zero-order valence-corrected chi connectivity index (χ0v) is 18.2. The fraction of sp³-hybridized carbons (Fsp3) is 0.200. The molecule has 1 heterocycles. The summed E-state index contributed by atoms with van der Waals surface area (Å²) in [4.78, 5) is 16.9. The Labute approximate surface area is 183 Å². The van der Waals surface area contributed by atoms with E-state index in [1.165, 1.54) is 23.5 Å². The predicted octanol–water partition coefficient (Wildman–Crippen LogP) is 3.59. The highest BCUT2D eigenvalue weighted by atomic mass is 35.5. The highest BCUT2D eigenvalue weighted by Crippen LogP contribution is 2.30. The molecule has 0 saturated heterocycles. The lowest BCUT2D eigenvalue weighted by atomic mass is 10.2. The van der Waals surface area contributed by atoms with Gasteiger partial charge in [0.15, 0.2) is 0 Å². The number of carbonyl (C=O) groups excluding carboxylic acids is 1. The second-order valence-electron chi connectivity index (χ2n) is 6.89. The number of amides is 1. The lowest BCUT2D eigenvalue weighted by Crippen LogP contribution is -2.31. The maximum atomic E-state index is 12.2. The number of aromatic nitrogens is 1. The first kappa shape index (κ1) is 20.8. The molecule has 156 valence electrons. The van der Waals surface area contributed by atoms with Gasteiger partial charge in [-0.1, -0.05) is 29.8 Å². The molecule has 4 rings (SSSR count). The molecule has 1 amide bonds. The van der Waals surface area contributed by atoms with Crippen LogP contribution in [0.15, 0.2) is 58.8 Å². The van der Waals surface area contributed by atoms with Crippen LogP contribution in [0, 0.1) is 0 Å². The number of benzene rings is 2. The first-order chi connectivity index (χ1) is 14.4. The summed E-state index contributed by atoms with van der Waals surface area (Å²) in [5, 5.41) is 3.19. The first-order valence-electron chi connectivity index (χ1n) is 9.27. The molecular weight excluding hydrogens is 444 g/mol. The Morgan fingerprint density at radius 3 is 2.57 bits per heavy atom. The van der Waals surface area contributed by atoms with Crippen molar-refractivity contribution in [3.63, 3.8) is 0 Å². The molecule has 2 aromatic carbocycles. The van der Waals surface area contributed by atoms with Crippen LogP contribution in [0.4, 0.5) is 5.69 Å². The van der Waals surface area contributed by atoms with E-state index in [0.717, 1.165) is 23.4 Å². The largest absolute Gasteiger partial charge is 0.299 e. The number of sulfonamides is 1. The number of nitrogens with one attached hydrogen (secondary N) is 3. The van der Waals surface area contributed by atoms with Crippen LogP contribution < -0.4 is 15.6 Å². The van der Waals surface area contributed by atoms with Gasteiger partial charge in [0.2, 0.25) is 15.9 Å². The minimum atomic E-state index is -3.49. The van der Waals surface area contributed by atoms with Crippen LogP contribution >= 0.6 is 22.9 Å². The number of halogens is 1. The van der Waals surface area contributed by atoms with E-state index in [2.05, 4.69) is 20.6 Å². The minimum Gasteiger partial charge on any atom is -0.299 e. The van der Waals surface area contributed by atoms with Gasteiger partial charge in [-0.2, -0.15) is 0 Å². The molecular formula is C20H19ClN4O3S2. The smallest absolute Gasteiger partial charge is 0.244 e. The summed E-state index contributed by atoms with van der Waals surface area (Å²) in [6, 6.07) is 13.7. The number of hydrogen-bond acceptors (Lipinski definition) is 6. The summed E-state index contributed by atoms with van der Waals surface area (Å²) >= 11 is 7.62. The normalized spacial score (nSPS) is 13.8. The molecule has 0 radical (unpaired) electrons. The lowest BCUT2D eigenvalue weighted by Gasteiger charge is -2.09. The fourth-order valence-corrected chi connectivity index (χ4v) is 5.15. The molecule has 1 aliphatic rings. The van der Waals surface area contributed by atoms with Gasteiger partial charge in [0.25, 0.3) is 0 Å². The van der Waals surface area contributed by atoms with Crippen LogP contribution in [0.25, 0.3) is 10.6 Å². The Morgan fingerprint density at radius 2 is 1.87 bits per heavy atom. The highest BCUT2D eigenvalue weighted by Gasteiger charge is 2.27.